The Morgan fingerprint density at radius 3 is 2.45 bits per heavy atom. The number of nitrogens with zero attached hydrogens (tertiary/aromatic N) is 3. The maximum absolute atomic E-state index is 13.6. The molecule has 0 aliphatic carbocycles. The molecule has 6 aromatic rings. The van der Waals surface area contributed by atoms with Crippen molar-refractivity contribution in [2.75, 3.05) is 7.11 Å². The smallest absolute Gasteiger partial charge is 0.282 e. The normalized spacial score (nSPS) is 11.5. The Kier molecular flexibility index (Phi) is 7.23. The van der Waals surface area contributed by atoms with Gasteiger partial charge in [0.1, 0.15) is 23.7 Å². The van der Waals surface area contributed by atoms with Gasteiger partial charge in [0.15, 0.2) is 5.76 Å². The van der Waals surface area contributed by atoms with Gasteiger partial charge in [0.25, 0.3) is 5.56 Å². The van der Waals surface area contributed by atoms with E-state index < -0.39 is 0 Å². The molecule has 0 radical (unpaired) electrons. The molecule has 0 aliphatic heterocycles. The molecular weight excluding hydrogens is 638 g/mol. The van der Waals surface area contributed by atoms with Crippen LogP contribution < -0.4 is 15.0 Å². The molecule has 0 amide bonds. The second-order valence-corrected chi connectivity index (χ2v) is 10.6. The number of hydrogen-bond acceptors (Lipinski definition) is 6. The Morgan fingerprint density at radius 1 is 0.925 bits per heavy atom. The predicted octanol–water partition coefficient (Wildman–Crippen LogP) is 7.80. The fourth-order valence-corrected chi connectivity index (χ4v) is 5.81. The van der Waals surface area contributed by atoms with Crippen LogP contribution in [0.5, 0.6) is 11.5 Å². The van der Waals surface area contributed by atoms with Gasteiger partial charge in [-0.2, -0.15) is 9.78 Å². The van der Waals surface area contributed by atoms with Gasteiger partial charge >= 0.3 is 0 Å². The molecule has 0 saturated heterocycles. The van der Waals surface area contributed by atoms with E-state index in [2.05, 4.69) is 37.0 Å². The van der Waals surface area contributed by atoms with Crippen LogP contribution in [0.1, 0.15) is 11.1 Å². The van der Waals surface area contributed by atoms with Crippen LogP contribution in [0.25, 0.3) is 33.5 Å². The minimum absolute atomic E-state index is 0.277. The number of hydrogen-bond donors (Lipinski definition) is 0. The van der Waals surface area contributed by atoms with Crippen molar-refractivity contribution >= 4 is 59.9 Å². The third-order valence-corrected chi connectivity index (χ3v) is 7.46. The van der Waals surface area contributed by atoms with Crippen molar-refractivity contribution in [3.8, 4) is 23.1 Å². The van der Waals surface area contributed by atoms with Gasteiger partial charge < -0.3 is 13.9 Å². The minimum Gasteiger partial charge on any atom is -0.496 e. The lowest BCUT2D eigenvalue weighted by Crippen LogP contribution is -2.20. The first-order valence-electron chi connectivity index (χ1n) is 12.3. The number of halogens is 2. The lowest BCUT2D eigenvalue weighted by atomic mass is 10.2. The Bertz CT molecular complexity index is 1930. The summed E-state index contributed by atoms with van der Waals surface area (Å²) in [7, 11) is 1.60. The van der Waals surface area contributed by atoms with Gasteiger partial charge in [-0.05, 0) is 85.5 Å². The quantitative estimate of drug-likeness (QED) is 0.164. The van der Waals surface area contributed by atoms with Crippen molar-refractivity contribution in [1.29, 1.82) is 0 Å². The molecule has 4 aromatic carbocycles. The largest absolute Gasteiger partial charge is 0.496 e. The third kappa shape index (κ3) is 5.05. The number of benzene rings is 4. The molecule has 2 aromatic heterocycles. The van der Waals surface area contributed by atoms with E-state index >= 15 is 0 Å². The maximum atomic E-state index is 13.6. The average Bonchev–Trinajstić information content (AvgIpc) is 3.41. The highest BCUT2D eigenvalue weighted by molar-refractivity contribution is 9.11. The van der Waals surface area contributed by atoms with E-state index in [0.717, 1.165) is 25.5 Å². The van der Waals surface area contributed by atoms with Crippen molar-refractivity contribution in [1.82, 2.24) is 9.66 Å². The number of para-hydroxylation sites is 1. The Hall–Kier alpha value is -4.21. The van der Waals surface area contributed by atoms with Crippen molar-refractivity contribution in [2.24, 2.45) is 5.10 Å². The van der Waals surface area contributed by atoms with E-state index in [0.29, 0.717) is 40.4 Å². The molecule has 0 aliphatic rings. The number of fused-ring (bicyclic) bond motifs is 2. The van der Waals surface area contributed by atoms with Crippen molar-refractivity contribution in [3.63, 3.8) is 0 Å². The second-order valence-electron chi connectivity index (χ2n) is 8.88. The minimum atomic E-state index is -0.315. The van der Waals surface area contributed by atoms with Crippen molar-refractivity contribution in [3.05, 3.63) is 121 Å². The van der Waals surface area contributed by atoms with Gasteiger partial charge in [-0.15, -0.1) is 0 Å². The van der Waals surface area contributed by atoms with Crippen LogP contribution in [0.3, 0.4) is 0 Å². The van der Waals surface area contributed by atoms with Crippen LogP contribution in [-0.4, -0.2) is 23.0 Å². The first kappa shape index (κ1) is 26.0. The fourth-order valence-electron chi connectivity index (χ4n) is 4.36. The summed E-state index contributed by atoms with van der Waals surface area (Å²) in [6.45, 7) is 0.426. The molecule has 7 nitrogen and oxygen atoms in total. The second kappa shape index (κ2) is 11.1. The molecule has 0 atom stereocenters. The lowest BCUT2D eigenvalue weighted by molar-refractivity contribution is 0.302. The summed E-state index contributed by atoms with van der Waals surface area (Å²) in [6.07, 6.45) is 1.60. The van der Waals surface area contributed by atoms with E-state index in [9.17, 15) is 4.79 Å². The van der Waals surface area contributed by atoms with E-state index in [1.54, 1.807) is 31.5 Å². The highest BCUT2D eigenvalue weighted by Gasteiger charge is 2.18. The number of ether oxygens (including phenoxy) is 2. The van der Waals surface area contributed by atoms with Gasteiger partial charge in [0.05, 0.1) is 38.6 Å². The van der Waals surface area contributed by atoms with Gasteiger partial charge in [-0.1, -0.05) is 48.5 Å². The zero-order valence-electron chi connectivity index (χ0n) is 21.2. The SMILES string of the molecule is COc1cccc2oc(-c3nc4ccccc4c(=O)n3N=Cc3cc(Br)c(OCc4ccccc4)c(Br)c3)cc12. The zero-order valence-corrected chi connectivity index (χ0v) is 24.3. The summed E-state index contributed by atoms with van der Waals surface area (Å²) >= 11 is 7.21. The van der Waals surface area contributed by atoms with E-state index in [1.165, 1.54) is 4.68 Å². The molecule has 0 N–H and O–H groups in total. The molecule has 0 fully saturated rings. The van der Waals surface area contributed by atoms with E-state index in [-0.39, 0.29) is 11.4 Å². The molecule has 0 saturated carbocycles. The van der Waals surface area contributed by atoms with Crippen LogP contribution in [0.15, 0.2) is 114 Å². The molecule has 6 rings (SSSR count). The van der Waals surface area contributed by atoms with Gasteiger partial charge in [-0.3, -0.25) is 4.79 Å². The van der Waals surface area contributed by atoms with Crippen LogP contribution in [0, 0.1) is 0 Å². The van der Waals surface area contributed by atoms with E-state index in [1.807, 2.05) is 72.8 Å². The average molecular weight is 659 g/mol. The fraction of sp³-hybridized carbons (Fsp3) is 0.0645. The van der Waals surface area contributed by atoms with Crippen LogP contribution >= 0.6 is 31.9 Å². The lowest BCUT2D eigenvalue weighted by Gasteiger charge is -2.11. The summed E-state index contributed by atoms with van der Waals surface area (Å²) in [5.41, 5.74) is 2.65. The molecule has 0 unspecified atom stereocenters. The van der Waals surface area contributed by atoms with Gasteiger partial charge in [-0.25, -0.2) is 4.98 Å². The Balaban J connectivity index is 1.40. The number of methoxy groups -OCH3 is 1. The molecule has 0 spiro atoms. The molecule has 40 heavy (non-hydrogen) atoms. The first-order valence-corrected chi connectivity index (χ1v) is 13.9. The van der Waals surface area contributed by atoms with Gasteiger partial charge in [0, 0.05) is 0 Å². The Labute approximate surface area is 245 Å². The monoisotopic (exact) mass is 657 g/mol. The highest BCUT2D eigenvalue weighted by atomic mass is 79.9. The maximum Gasteiger partial charge on any atom is 0.282 e. The zero-order chi connectivity index (χ0) is 27.6. The van der Waals surface area contributed by atoms with Gasteiger partial charge in [0.2, 0.25) is 5.82 Å². The summed E-state index contributed by atoms with van der Waals surface area (Å²) < 4.78 is 20.4. The van der Waals surface area contributed by atoms with Crippen molar-refractivity contribution in [2.45, 2.75) is 6.61 Å². The number of furan rings is 1. The molecule has 9 heteroatoms. The van der Waals surface area contributed by atoms with Crippen LogP contribution in [0.2, 0.25) is 0 Å². The standard InChI is InChI=1S/C31H21Br2N3O4/c1-38-26-12-7-13-27-22(26)16-28(40-27)30-35-25-11-6-5-10-21(25)31(37)36(30)34-17-20-14-23(32)29(24(33)15-20)39-18-19-8-3-2-4-9-19/h2-17H,18H2,1H3. The summed E-state index contributed by atoms with van der Waals surface area (Å²) in [5, 5.41) is 5.79. The molecular formula is C31H21Br2N3O4. The van der Waals surface area contributed by atoms with Crippen LogP contribution in [0.4, 0.5) is 0 Å². The number of rotatable bonds is 7. The first-order chi connectivity index (χ1) is 19.5. The number of aromatic nitrogens is 2. The predicted molar refractivity (Wildman–Crippen MR) is 163 cm³/mol. The van der Waals surface area contributed by atoms with Crippen LogP contribution in [-0.2, 0) is 6.61 Å². The Morgan fingerprint density at radius 2 is 1.68 bits per heavy atom. The third-order valence-electron chi connectivity index (χ3n) is 6.28. The highest BCUT2D eigenvalue weighted by Crippen LogP contribution is 2.35. The molecule has 2 heterocycles. The summed E-state index contributed by atoms with van der Waals surface area (Å²) in [6, 6.07) is 28.2. The van der Waals surface area contributed by atoms with Crippen molar-refractivity contribution < 1.29 is 13.9 Å². The molecule has 0 bridgehead atoms. The summed E-state index contributed by atoms with van der Waals surface area (Å²) in [4.78, 5) is 18.3. The van der Waals surface area contributed by atoms with E-state index in [4.69, 9.17) is 18.9 Å². The topological polar surface area (TPSA) is 78.9 Å². The summed E-state index contributed by atoms with van der Waals surface area (Å²) in [5.74, 6) is 2.00. The molecule has 198 valence electrons.